The number of ether oxygens (including phenoxy) is 1. The molecule has 6 heteroatoms. The quantitative estimate of drug-likeness (QED) is 0.375. The van der Waals surface area contributed by atoms with E-state index in [1.54, 1.807) is 12.1 Å². The fourth-order valence-electron chi connectivity index (χ4n) is 4.38. The Morgan fingerprint density at radius 1 is 1.15 bits per heavy atom. The maximum atomic E-state index is 13.2. The van der Waals surface area contributed by atoms with E-state index in [0.717, 1.165) is 24.1 Å². The van der Waals surface area contributed by atoms with Gasteiger partial charge in [0.15, 0.2) is 0 Å². The lowest BCUT2D eigenvalue weighted by Crippen LogP contribution is -2.31. The lowest BCUT2D eigenvalue weighted by Gasteiger charge is -2.28. The van der Waals surface area contributed by atoms with Crippen molar-refractivity contribution in [3.63, 3.8) is 0 Å². The first-order chi connectivity index (χ1) is 16.4. The standard InChI is InChI=1S/C28H31ClN2O3/c1-19(21-7-5-4-6-8-21)30(2)18-26-24(22-13-14-22)17-25(29)27(32)31(26)16-15-20-9-11-23(12-10-20)28(33)34-3/h4-12,17,19,22H,13-16,18H2,1-3H3/t19-/m0/s1. The number of halogens is 1. The molecule has 1 aliphatic carbocycles. The molecule has 0 spiro atoms. The molecule has 1 saturated carbocycles. The summed E-state index contributed by atoms with van der Waals surface area (Å²) in [4.78, 5) is 27.2. The Bertz CT molecular complexity index is 1200. The molecule has 5 nitrogen and oxygen atoms in total. The third-order valence-corrected chi connectivity index (χ3v) is 7.02. The molecule has 3 aromatic rings. The number of carbonyl (C=O) groups is 1. The molecule has 0 bridgehead atoms. The van der Waals surface area contributed by atoms with Gasteiger partial charge in [0.05, 0.1) is 12.7 Å². The molecule has 1 aliphatic rings. The van der Waals surface area contributed by atoms with E-state index in [9.17, 15) is 9.59 Å². The van der Waals surface area contributed by atoms with Crippen molar-refractivity contribution in [1.29, 1.82) is 0 Å². The normalized spacial score (nSPS) is 14.3. The molecule has 4 rings (SSSR count). The Kier molecular flexibility index (Phi) is 7.54. The van der Waals surface area contributed by atoms with Crippen LogP contribution in [0.25, 0.3) is 0 Å². The molecule has 1 fully saturated rings. The molecule has 1 atom stereocenters. The van der Waals surface area contributed by atoms with Crippen molar-refractivity contribution in [2.45, 2.75) is 51.2 Å². The summed E-state index contributed by atoms with van der Waals surface area (Å²) in [5.74, 6) is 0.115. The average molecular weight is 479 g/mol. The van der Waals surface area contributed by atoms with Gasteiger partial charge < -0.3 is 9.30 Å². The molecule has 0 saturated heterocycles. The highest BCUT2D eigenvalue weighted by molar-refractivity contribution is 6.30. The van der Waals surface area contributed by atoms with E-state index in [2.05, 4.69) is 43.1 Å². The number of esters is 1. The summed E-state index contributed by atoms with van der Waals surface area (Å²) in [6.45, 7) is 3.38. The zero-order valence-corrected chi connectivity index (χ0v) is 20.7. The highest BCUT2D eigenvalue weighted by atomic mass is 35.5. The molecule has 1 heterocycles. The van der Waals surface area contributed by atoms with Crippen LogP contribution in [0.5, 0.6) is 0 Å². The van der Waals surface area contributed by atoms with Crippen LogP contribution >= 0.6 is 11.6 Å². The van der Waals surface area contributed by atoms with Gasteiger partial charge in [-0.25, -0.2) is 4.79 Å². The summed E-state index contributed by atoms with van der Waals surface area (Å²) in [6, 6.07) is 19.8. The largest absolute Gasteiger partial charge is 0.465 e. The Morgan fingerprint density at radius 3 is 2.44 bits per heavy atom. The molecule has 0 aliphatic heterocycles. The summed E-state index contributed by atoms with van der Waals surface area (Å²) >= 11 is 6.41. The van der Waals surface area contributed by atoms with Gasteiger partial charge in [-0.15, -0.1) is 0 Å². The number of benzene rings is 2. The first kappa shape index (κ1) is 24.2. The van der Waals surface area contributed by atoms with Crippen LogP contribution in [0.4, 0.5) is 0 Å². The number of nitrogens with zero attached hydrogens (tertiary/aromatic N) is 2. The van der Waals surface area contributed by atoms with Crippen LogP contribution in [0.3, 0.4) is 0 Å². The molecule has 0 radical (unpaired) electrons. The maximum absolute atomic E-state index is 13.2. The van der Waals surface area contributed by atoms with Gasteiger partial charge in [0, 0.05) is 24.8 Å². The molecule has 2 aromatic carbocycles. The number of hydrogen-bond acceptors (Lipinski definition) is 4. The smallest absolute Gasteiger partial charge is 0.337 e. The predicted octanol–water partition coefficient (Wildman–Crippen LogP) is 5.60. The minimum atomic E-state index is -0.357. The van der Waals surface area contributed by atoms with Crippen LogP contribution in [0.15, 0.2) is 65.5 Å². The van der Waals surface area contributed by atoms with Crippen molar-refractivity contribution in [3.05, 3.63) is 104 Å². The summed E-state index contributed by atoms with van der Waals surface area (Å²) in [5.41, 5.74) is 4.90. The number of pyridine rings is 1. The van der Waals surface area contributed by atoms with Crippen molar-refractivity contribution >= 4 is 17.6 Å². The van der Waals surface area contributed by atoms with Gasteiger partial charge in [0.2, 0.25) is 0 Å². The zero-order valence-electron chi connectivity index (χ0n) is 20.0. The lowest BCUT2D eigenvalue weighted by atomic mass is 10.0. The highest BCUT2D eigenvalue weighted by Gasteiger charge is 2.29. The summed E-state index contributed by atoms with van der Waals surface area (Å²) in [7, 11) is 3.47. The van der Waals surface area contributed by atoms with Crippen molar-refractivity contribution in [2.75, 3.05) is 14.2 Å². The van der Waals surface area contributed by atoms with E-state index in [1.165, 1.54) is 18.2 Å². The minimum absolute atomic E-state index is 0.145. The first-order valence-corrected chi connectivity index (χ1v) is 12.1. The second-order valence-corrected chi connectivity index (χ2v) is 9.47. The number of hydrogen-bond donors (Lipinski definition) is 0. The van der Waals surface area contributed by atoms with E-state index in [4.69, 9.17) is 16.3 Å². The van der Waals surface area contributed by atoms with E-state index in [-0.39, 0.29) is 22.6 Å². The third-order valence-electron chi connectivity index (χ3n) is 6.75. The monoisotopic (exact) mass is 478 g/mol. The molecule has 1 aromatic heterocycles. The molecule has 0 N–H and O–H groups in total. The number of rotatable bonds is 9. The van der Waals surface area contributed by atoms with Crippen LogP contribution < -0.4 is 5.56 Å². The summed E-state index contributed by atoms with van der Waals surface area (Å²) in [6.07, 6.45) is 2.93. The Balaban J connectivity index is 1.61. The van der Waals surface area contributed by atoms with Gasteiger partial charge in [-0.3, -0.25) is 9.69 Å². The SMILES string of the molecule is COC(=O)c1ccc(CCn2c(CN(C)[C@@H](C)c3ccccc3)c(C3CC3)cc(Cl)c2=O)cc1. The van der Waals surface area contributed by atoms with E-state index in [1.807, 2.05) is 28.8 Å². The van der Waals surface area contributed by atoms with Crippen molar-refractivity contribution in [1.82, 2.24) is 9.47 Å². The van der Waals surface area contributed by atoms with E-state index < -0.39 is 0 Å². The van der Waals surface area contributed by atoms with E-state index >= 15 is 0 Å². The van der Waals surface area contributed by atoms with Gasteiger partial charge in [-0.2, -0.15) is 0 Å². The van der Waals surface area contributed by atoms with Gasteiger partial charge in [0.25, 0.3) is 5.56 Å². The fraction of sp³-hybridized carbons (Fsp3) is 0.357. The average Bonchev–Trinajstić information content (AvgIpc) is 3.71. The molecule has 0 amide bonds. The molecule has 178 valence electrons. The molecule has 0 unspecified atom stereocenters. The molecule has 34 heavy (non-hydrogen) atoms. The number of aryl methyl sites for hydroxylation is 1. The van der Waals surface area contributed by atoms with Gasteiger partial charge in [0.1, 0.15) is 5.02 Å². The zero-order chi connectivity index (χ0) is 24.2. The van der Waals surface area contributed by atoms with Crippen molar-refractivity contribution in [3.8, 4) is 0 Å². The lowest BCUT2D eigenvalue weighted by molar-refractivity contribution is 0.0600. The second kappa shape index (κ2) is 10.6. The first-order valence-electron chi connectivity index (χ1n) is 11.7. The predicted molar refractivity (Wildman–Crippen MR) is 135 cm³/mol. The van der Waals surface area contributed by atoms with Crippen LogP contribution in [0.1, 0.15) is 64.5 Å². The van der Waals surface area contributed by atoms with Crippen LogP contribution in [0.2, 0.25) is 5.02 Å². The van der Waals surface area contributed by atoms with Crippen molar-refractivity contribution in [2.24, 2.45) is 0 Å². The van der Waals surface area contributed by atoms with Crippen molar-refractivity contribution < 1.29 is 9.53 Å². The number of aromatic nitrogens is 1. The third kappa shape index (κ3) is 5.43. The minimum Gasteiger partial charge on any atom is -0.465 e. The Morgan fingerprint density at radius 2 is 1.82 bits per heavy atom. The summed E-state index contributed by atoms with van der Waals surface area (Å²) in [5, 5.41) is 0.283. The Labute approximate surface area is 205 Å². The Hall–Kier alpha value is -2.89. The second-order valence-electron chi connectivity index (χ2n) is 9.07. The van der Waals surface area contributed by atoms with Crippen LogP contribution in [-0.4, -0.2) is 29.6 Å². The highest BCUT2D eigenvalue weighted by Crippen LogP contribution is 2.42. The topological polar surface area (TPSA) is 51.5 Å². The molecular formula is C28H31ClN2O3. The maximum Gasteiger partial charge on any atom is 0.337 e. The van der Waals surface area contributed by atoms with Crippen LogP contribution in [0, 0.1) is 0 Å². The summed E-state index contributed by atoms with van der Waals surface area (Å²) < 4.78 is 6.64. The van der Waals surface area contributed by atoms with Gasteiger partial charge in [-0.05, 0) is 74.0 Å². The number of carbonyl (C=O) groups excluding carboxylic acids is 1. The van der Waals surface area contributed by atoms with E-state index in [0.29, 0.717) is 31.0 Å². The van der Waals surface area contributed by atoms with Gasteiger partial charge >= 0.3 is 5.97 Å². The number of methoxy groups -OCH3 is 1. The molecular weight excluding hydrogens is 448 g/mol. The van der Waals surface area contributed by atoms with Gasteiger partial charge in [-0.1, -0.05) is 54.1 Å². The van der Waals surface area contributed by atoms with Crippen LogP contribution in [-0.2, 0) is 24.2 Å². The fourth-order valence-corrected chi connectivity index (χ4v) is 4.59.